The molecule has 2 heterocycles. The predicted octanol–water partition coefficient (Wildman–Crippen LogP) is 2.42. The molecule has 1 aliphatic rings. The highest BCUT2D eigenvalue weighted by Crippen LogP contribution is 2.24. The highest BCUT2D eigenvalue weighted by atomic mass is 16.5. The van der Waals surface area contributed by atoms with Crippen LogP contribution in [0.15, 0.2) is 40.9 Å². The van der Waals surface area contributed by atoms with Gasteiger partial charge in [-0.05, 0) is 25.5 Å². The van der Waals surface area contributed by atoms with Gasteiger partial charge in [-0.1, -0.05) is 23.4 Å². The summed E-state index contributed by atoms with van der Waals surface area (Å²) in [7, 11) is 0. The van der Waals surface area contributed by atoms with Gasteiger partial charge in [0.25, 0.3) is 5.91 Å². The number of amides is 1. The van der Waals surface area contributed by atoms with Crippen molar-refractivity contribution in [2.24, 2.45) is 0 Å². The van der Waals surface area contributed by atoms with Crippen LogP contribution < -0.4 is 4.90 Å². The number of anilines is 1. The number of benzene rings is 1. The van der Waals surface area contributed by atoms with Gasteiger partial charge < -0.3 is 14.2 Å². The van der Waals surface area contributed by atoms with Crippen molar-refractivity contribution in [3.05, 3.63) is 47.9 Å². The summed E-state index contributed by atoms with van der Waals surface area (Å²) >= 11 is 0. The number of para-hydroxylation sites is 1. The zero-order valence-electron chi connectivity index (χ0n) is 11.3. The van der Waals surface area contributed by atoms with E-state index in [0.717, 1.165) is 12.1 Å². The van der Waals surface area contributed by atoms with Gasteiger partial charge in [0.1, 0.15) is 0 Å². The van der Waals surface area contributed by atoms with Crippen LogP contribution in [0.1, 0.15) is 22.7 Å². The van der Waals surface area contributed by atoms with Crippen LogP contribution in [0.2, 0.25) is 0 Å². The Labute approximate surface area is 117 Å². The summed E-state index contributed by atoms with van der Waals surface area (Å²) in [6.07, 6.45) is 0.827. The van der Waals surface area contributed by atoms with Crippen molar-refractivity contribution in [3.8, 4) is 0 Å². The van der Waals surface area contributed by atoms with Crippen LogP contribution in [0.3, 0.4) is 0 Å². The quantitative estimate of drug-likeness (QED) is 0.861. The van der Waals surface area contributed by atoms with Crippen molar-refractivity contribution in [3.63, 3.8) is 0 Å². The third-order valence-corrected chi connectivity index (χ3v) is 3.36. The first-order valence-corrected chi connectivity index (χ1v) is 6.65. The molecule has 5 nitrogen and oxygen atoms in total. The maximum atomic E-state index is 12.7. The van der Waals surface area contributed by atoms with Gasteiger partial charge in [0.2, 0.25) is 5.76 Å². The Morgan fingerprint density at radius 3 is 2.75 bits per heavy atom. The monoisotopic (exact) mass is 272 g/mol. The molecule has 1 amide bonds. The second-order valence-corrected chi connectivity index (χ2v) is 4.86. The Morgan fingerprint density at radius 2 is 2.15 bits per heavy atom. The molecule has 0 spiro atoms. The first kappa shape index (κ1) is 12.9. The largest absolute Gasteiger partial charge is 0.379 e. The zero-order valence-corrected chi connectivity index (χ0v) is 11.3. The standard InChI is InChI=1S/C15H16N2O3/c1-11-9-14(20-16-11)15(18)17(13-7-8-19-10-13)12-5-3-2-4-6-12/h2-6,9,13H,7-8,10H2,1H3/t13-/m1/s1. The number of hydrogen-bond donors (Lipinski definition) is 0. The molecule has 5 heteroatoms. The molecule has 104 valence electrons. The molecule has 1 aromatic heterocycles. The third kappa shape index (κ3) is 2.44. The van der Waals surface area contributed by atoms with Gasteiger partial charge in [-0.2, -0.15) is 0 Å². The van der Waals surface area contributed by atoms with E-state index in [0.29, 0.717) is 18.9 Å². The summed E-state index contributed by atoms with van der Waals surface area (Å²) in [5, 5.41) is 3.79. The molecule has 0 aliphatic carbocycles. The minimum atomic E-state index is -0.174. The summed E-state index contributed by atoms with van der Waals surface area (Å²) in [4.78, 5) is 14.4. The number of carbonyl (C=O) groups is 1. The van der Waals surface area contributed by atoms with Gasteiger partial charge in [-0.25, -0.2) is 0 Å². The zero-order chi connectivity index (χ0) is 13.9. The number of aromatic nitrogens is 1. The minimum Gasteiger partial charge on any atom is -0.379 e. The van der Waals surface area contributed by atoms with Gasteiger partial charge in [0.15, 0.2) is 0 Å². The van der Waals surface area contributed by atoms with Gasteiger partial charge in [0, 0.05) is 18.4 Å². The van der Waals surface area contributed by atoms with Crippen LogP contribution in [0.4, 0.5) is 5.69 Å². The van der Waals surface area contributed by atoms with Crippen LogP contribution in [0.5, 0.6) is 0 Å². The molecule has 0 radical (unpaired) electrons. The van der Waals surface area contributed by atoms with Crippen LogP contribution >= 0.6 is 0 Å². The van der Waals surface area contributed by atoms with Crippen molar-refractivity contribution in [1.29, 1.82) is 0 Å². The number of rotatable bonds is 3. The van der Waals surface area contributed by atoms with Crippen molar-refractivity contribution < 1.29 is 14.1 Å². The van der Waals surface area contributed by atoms with E-state index in [9.17, 15) is 4.79 Å². The van der Waals surface area contributed by atoms with Crippen LogP contribution in [-0.4, -0.2) is 30.3 Å². The van der Waals surface area contributed by atoms with Gasteiger partial charge in [0.05, 0.1) is 18.3 Å². The van der Waals surface area contributed by atoms with Crippen molar-refractivity contribution in [2.75, 3.05) is 18.1 Å². The topological polar surface area (TPSA) is 55.6 Å². The fourth-order valence-electron chi connectivity index (χ4n) is 2.39. The Kier molecular flexibility index (Phi) is 3.52. The second-order valence-electron chi connectivity index (χ2n) is 4.86. The number of hydrogen-bond acceptors (Lipinski definition) is 4. The van der Waals surface area contributed by atoms with E-state index in [2.05, 4.69) is 5.16 Å². The summed E-state index contributed by atoms with van der Waals surface area (Å²) in [5.74, 6) is 0.0885. The maximum absolute atomic E-state index is 12.7. The molecular formula is C15H16N2O3. The second kappa shape index (κ2) is 5.46. The molecule has 0 saturated carbocycles. The normalized spacial score (nSPS) is 18.1. The molecule has 0 N–H and O–H groups in total. The van der Waals surface area contributed by atoms with Crippen molar-refractivity contribution in [1.82, 2.24) is 5.16 Å². The van der Waals surface area contributed by atoms with E-state index in [-0.39, 0.29) is 17.7 Å². The lowest BCUT2D eigenvalue weighted by molar-refractivity contribution is 0.0936. The van der Waals surface area contributed by atoms with E-state index in [4.69, 9.17) is 9.26 Å². The molecule has 0 unspecified atom stereocenters. The van der Waals surface area contributed by atoms with E-state index in [1.165, 1.54) is 0 Å². The fraction of sp³-hybridized carbons (Fsp3) is 0.333. The van der Waals surface area contributed by atoms with Gasteiger partial charge >= 0.3 is 0 Å². The molecular weight excluding hydrogens is 256 g/mol. The molecule has 1 fully saturated rings. The highest BCUT2D eigenvalue weighted by Gasteiger charge is 2.31. The van der Waals surface area contributed by atoms with Crippen molar-refractivity contribution >= 4 is 11.6 Å². The molecule has 2 aromatic rings. The Morgan fingerprint density at radius 1 is 1.35 bits per heavy atom. The molecule has 20 heavy (non-hydrogen) atoms. The molecule has 1 aromatic carbocycles. The van der Waals surface area contributed by atoms with Crippen LogP contribution in [-0.2, 0) is 4.74 Å². The summed E-state index contributed by atoms with van der Waals surface area (Å²) in [5.41, 5.74) is 1.55. The predicted molar refractivity (Wildman–Crippen MR) is 73.7 cm³/mol. The van der Waals surface area contributed by atoms with Crippen LogP contribution in [0, 0.1) is 6.92 Å². The minimum absolute atomic E-state index is 0.0373. The Hall–Kier alpha value is -2.14. The lowest BCUT2D eigenvalue weighted by Crippen LogP contribution is -2.40. The third-order valence-electron chi connectivity index (χ3n) is 3.36. The number of ether oxygens (including phenoxy) is 1. The number of carbonyl (C=O) groups excluding carboxylic acids is 1. The smallest absolute Gasteiger partial charge is 0.297 e. The number of nitrogens with zero attached hydrogens (tertiary/aromatic N) is 2. The van der Waals surface area contributed by atoms with Gasteiger partial charge in [-0.15, -0.1) is 0 Å². The average Bonchev–Trinajstić information content (AvgIpc) is 3.12. The summed E-state index contributed by atoms with van der Waals surface area (Å²) in [6, 6.07) is 11.3. The van der Waals surface area contributed by atoms with Crippen molar-refractivity contribution in [2.45, 2.75) is 19.4 Å². The molecule has 3 rings (SSSR count). The van der Waals surface area contributed by atoms with Gasteiger partial charge in [-0.3, -0.25) is 4.79 Å². The summed E-state index contributed by atoms with van der Waals surface area (Å²) in [6.45, 7) is 3.02. The fourth-order valence-corrected chi connectivity index (χ4v) is 2.39. The lowest BCUT2D eigenvalue weighted by atomic mass is 10.1. The first-order valence-electron chi connectivity index (χ1n) is 6.65. The highest BCUT2D eigenvalue weighted by molar-refractivity contribution is 6.04. The average molecular weight is 272 g/mol. The lowest BCUT2D eigenvalue weighted by Gasteiger charge is -2.27. The maximum Gasteiger partial charge on any atom is 0.297 e. The Bertz CT molecular complexity index is 588. The Balaban J connectivity index is 1.95. The molecule has 1 atom stereocenters. The van der Waals surface area contributed by atoms with Crippen LogP contribution in [0.25, 0.3) is 0 Å². The first-order chi connectivity index (χ1) is 9.75. The number of aryl methyl sites for hydroxylation is 1. The molecule has 0 bridgehead atoms. The molecule has 1 aliphatic heterocycles. The van der Waals surface area contributed by atoms with E-state index in [1.807, 2.05) is 30.3 Å². The SMILES string of the molecule is Cc1cc(C(=O)N(c2ccccc2)[C@@H]2CCOC2)on1. The summed E-state index contributed by atoms with van der Waals surface area (Å²) < 4.78 is 10.5. The van der Waals surface area contributed by atoms with E-state index in [1.54, 1.807) is 17.9 Å². The van der Waals surface area contributed by atoms with E-state index < -0.39 is 0 Å². The van der Waals surface area contributed by atoms with E-state index >= 15 is 0 Å². The molecule has 1 saturated heterocycles.